The van der Waals surface area contributed by atoms with Crippen LogP contribution in [-0.4, -0.2) is 39.5 Å². The Balaban J connectivity index is 3.01. The van der Waals surface area contributed by atoms with Crippen molar-refractivity contribution in [2.24, 2.45) is 0 Å². The highest BCUT2D eigenvalue weighted by molar-refractivity contribution is 7.99. The Morgan fingerprint density at radius 2 is 2.14 bits per heavy atom. The number of benzene rings is 1. The lowest BCUT2D eigenvalue weighted by atomic mass is 10.0. The standard InChI is InChI=1S/C13H16N2O5S/c1-3-21-8(2)7-14-12(16)9-5-4-6-10(15(19)20)11(9)13(17)18/h4-6,8H,3,7H2,1-2H3,(H,14,16)(H,17,18). The normalized spacial score (nSPS) is 11.7. The number of hydrogen-bond donors (Lipinski definition) is 2. The molecule has 0 bridgehead atoms. The molecule has 21 heavy (non-hydrogen) atoms. The maximum Gasteiger partial charge on any atom is 0.343 e. The minimum atomic E-state index is -1.50. The summed E-state index contributed by atoms with van der Waals surface area (Å²) < 4.78 is 0. The number of nitro groups is 1. The first kappa shape index (κ1) is 17.0. The molecule has 0 aliphatic rings. The molecule has 1 atom stereocenters. The molecule has 0 aliphatic heterocycles. The van der Waals surface area contributed by atoms with Crippen molar-refractivity contribution in [3.8, 4) is 0 Å². The lowest BCUT2D eigenvalue weighted by Crippen LogP contribution is -2.31. The van der Waals surface area contributed by atoms with Crippen LogP contribution in [0.2, 0.25) is 0 Å². The lowest BCUT2D eigenvalue weighted by Gasteiger charge is -2.12. The van der Waals surface area contributed by atoms with Crippen LogP contribution in [-0.2, 0) is 0 Å². The van der Waals surface area contributed by atoms with Crippen LogP contribution < -0.4 is 5.32 Å². The first-order chi connectivity index (χ1) is 9.88. The molecule has 2 N–H and O–H groups in total. The van der Waals surface area contributed by atoms with Gasteiger partial charge in [-0.25, -0.2) is 4.79 Å². The number of nitrogens with one attached hydrogen (secondary N) is 1. The van der Waals surface area contributed by atoms with Crippen LogP contribution in [0.1, 0.15) is 34.6 Å². The highest BCUT2D eigenvalue weighted by Gasteiger charge is 2.26. The Kier molecular flexibility index (Phi) is 6.16. The number of carbonyl (C=O) groups is 2. The highest BCUT2D eigenvalue weighted by atomic mass is 32.2. The number of rotatable bonds is 7. The number of nitro benzene ring substituents is 1. The largest absolute Gasteiger partial charge is 0.477 e. The van der Waals surface area contributed by atoms with E-state index < -0.39 is 28.1 Å². The molecule has 0 saturated heterocycles. The topological polar surface area (TPSA) is 110 Å². The smallest absolute Gasteiger partial charge is 0.343 e. The van der Waals surface area contributed by atoms with Crippen molar-refractivity contribution in [3.63, 3.8) is 0 Å². The number of carboxylic acid groups (broad SMARTS) is 1. The summed E-state index contributed by atoms with van der Waals surface area (Å²) in [5.41, 5.74) is -1.38. The average Bonchev–Trinajstić information content (AvgIpc) is 2.44. The number of nitrogens with zero attached hydrogens (tertiary/aromatic N) is 1. The molecule has 1 aromatic carbocycles. The summed E-state index contributed by atoms with van der Waals surface area (Å²) in [5.74, 6) is -1.23. The number of thioether (sulfide) groups is 1. The molecule has 0 fully saturated rings. The van der Waals surface area contributed by atoms with Crippen molar-refractivity contribution in [3.05, 3.63) is 39.4 Å². The number of hydrogen-bond acceptors (Lipinski definition) is 5. The van der Waals surface area contributed by atoms with Gasteiger partial charge in [-0.2, -0.15) is 11.8 Å². The third-order valence-electron chi connectivity index (χ3n) is 2.70. The summed E-state index contributed by atoms with van der Waals surface area (Å²) in [6.07, 6.45) is 0. The van der Waals surface area contributed by atoms with Gasteiger partial charge in [0, 0.05) is 17.9 Å². The van der Waals surface area contributed by atoms with Gasteiger partial charge in [0.15, 0.2) is 0 Å². The van der Waals surface area contributed by atoms with E-state index in [-0.39, 0.29) is 10.8 Å². The van der Waals surface area contributed by atoms with Crippen molar-refractivity contribution >= 4 is 29.3 Å². The SMILES string of the molecule is CCSC(C)CNC(=O)c1cccc([N+](=O)[O-])c1C(=O)O. The second kappa shape index (κ2) is 7.63. The fourth-order valence-corrected chi connectivity index (χ4v) is 2.55. The molecular weight excluding hydrogens is 296 g/mol. The van der Waals surface area contributed by atoms with Gasteiger partial charge in [0.05, 0.1) is 10.5 Å². The van der Waals surface area contributed by atoms with Crippen molar-refractivity contribution < 1.29 is 19.6 Å². The Labute approximate surface area is 125 Å². The molecule has 0 aromatic heterocycles. The van der Waals surface area contributed by atoms with Gasteiger partial charge < -0.3 is 10.4 Å². The zero-order chi connectivity index (χ0) is 16.0. The van der Waals surface area contributed by atoms with Gasteiger partial charge >= 0.3 is 5.97 Å². The van der Waals surface area contributed by atoms with E-state index in [1.54, 1.807) is 11.8 Å². The number of amides is 1. The monoisotopic (exact) mass is 312 g/mol. The second-order valence-corrected chi connectivity index (χ2v) is 5.95. The van der Waals surface area contributed by atoms with Crippen molar-refractivity contribution in [2.75, 3.05) is 12.3 Å². The predicted molar refractivity (Wildman–Crippen MR) is 80.0 cm³/mol. The van der Waals surface area contributed by atoms with E-state index in [1.165, 1.54) is 12.1 Å². The fourth-order valence-electron chi connectivity index (χ4n) is 1.78. The highest BCUT2D eigenvalue weighted by Crippen LogP contribution is 2.22. The molecule has 0 aliphatic carbocycles. The van der Waals surface area contributed by atoms with Crippen LogP contribution in [0, 0.1) is 10.1 Å². The van der Waals surface area contributed by atoms with Gasteiger partial charge in [-0.15, -0.1) is 0 Å². The van der Waals surface area contributed by atoms with E-state index >= 15 is 0 Å². The van der Waals surface area contributed by atoms with Crippen LogP contribution in [0.25, 0.3) is 0 Å². The minimum Gasteiger partial charge on any atom is -0.477 e. The third kappa shape index (κ3) is 4.45. The van der Waals surface area contributed by atoms with Crippen molar-refractivity contribution in [2.45, 2.75) is 19.1 Å². The van der Waals surface area contributed by atoms with Crippen LogP contribution in [0.3, 0.4) is 0 Å². The number of carboxylic acids is 1. The molecule has 7 nitrogen and oxygen atoms in total. The summed E-state index contributed by atoms with van der Waals surface area (Å²) in [6.45, 7) is 4.28. The fraction of sp³-hybridized carbons (Fsp3) is 0.385. The Morgan fingerprint density at radius 3 is 2.67 bits per heavy atom. The van der Waals surface area contributed by atoms with Gasteiger partial charge in [-0.05, 0) is 11.8 Å². The van der Waals surface area contributed by atoms with E-state index in [2.05, 4.69) is 5.32 Å². The van der Waals surface area contributed by atoms with Crippen molar-refractivity contribution in [1.29, 1.82) is 0 Å². The summed E-state index contributed by atoms with van der Waals surface area (Å²) in [4.78, 5) is 33.3. The summed E-state index contributed by atoms with van der Waals surface area (Å²) in [5, 5.41) is 22.7. The first-order valence-electron chi connectivity index (χ1n) is 6.29. The number of aromatic carboxylic acids is 1. The predicted octanol–water partition coefficient (Wildman–Crippen LogP) is 2.16. The molecule has 1 unspecified atom stereocenters. The first-order valence-corrected chi connectivity index (χ1v) is 7.33. The summed E-state index contributed by atoms with van der Waals surface area (Å²) >= 11 is 1.65. The molecule has 114 valence electrons. The molecular formula is C13H16N2O5S. The van der Waals surface area contributed by atoms with Gasteiger partial charge in [0.2, 0.25) is 0 Å². The molecule has 1 aromatic rings. The maximum absolute atomic E-state index is 12.0. The molecule has 0 heterocycles. The van der Waals surface area contributed by atoms with Gasteiger partial charge in [-0.3, -0.25) is 14.9 Å². The maximum atomic E-state index is 12.0. The van der Waals surface area contributed by atoms with Gasteiger partial charge in [0.1, 0.15) is 5.56 Å². The van der Waals surface area contributed by atoms with Crippen LogP contribution in [0.4, 0.5) is 5.69 Å². The summed E-state index contributed by atoms with van der Waals surface area (Å²) in [6, 6.07) is 3.63. The van der Waals surface area contributed by atoms with Crippen molar-refractivity contribution in [1.82, 2.24) is 5.32 Å². The van der Waals surface area contributed by atoms with E-state index in [4.69, 9.17) is 5.11 Å². The van der Waals surface area contributed by atoms with E-state index in [1.807, 2.05) is 13.8 Å². The van der Waals surface area contributed by atoms with Gasteiger partial charge in [0.25, 0.3) is 11.6 Å². The molecule has 0 saturated carbocycles. The zero-order valence-corrected chi connectivity index (χ0v) is 12.5. The summed E-state index contributed by atoms with van der Waals surface area (Å²) in [7, 11) is 0. The van der Waals surface area contributed by atoms with Crippen LogP contribution >= 0.6 is 11.8 Å². The Bertz CT molecular complexity index is 561. The van der Waals surface area contributed by atoms with E-state index in [0.29, 0.717) is 6.54 Å². The second-order valence-electron chi connectivity index (χ2n) is 4.24. The quantitative estimate of drug-likeness (QED) is 0.590. The van der Waals surface area contributed by atoms with Crippen LogP contribution in [0.15, 0.2) is 18.2 Å². The third-order valence-corrected chi connectivity index (χ3v) is 3.77. The Hall–Kier alpha value is -2.09. The van der Waals surface area contributed by atoms with Gasteiger partial charge in [-0.1, -0.05) is 19.9 Å². The lowest BCUT2D eigenvalue weighted by molar-refractivity contribution is -0.385. The molecule has 8 heteroatoms. The number of carbonyl (C=O) groups excluding carboxylic acids is 1. The van der Waals surface area contributed by atoms with Crippen LogP contribution in [0.5, 0.6) is 0 Å². The molecule has 0 radical (unpaired) electrons. The molecule has 1 rings (SSSR count). The minimum absolute atomic E-state index is 0.172. The average molecular weight is 312 g/mol. The Morgan fingerprint density at radius 1 is 1.48 bits per heavy atom. The molecule has 1 amide bonds. The van der Waals surface area contributed by atoms with E-state index in [0.717, 1.165) is 11.8 Å². The molecule has 0 spiro atoms. The van der Waals surface area contributed by atoms with E-state index in [9.17, 15) is 19.7 Å². The zero-order valence-electron chi connectivity index (χ0n) is 11.7.